The van der Waals surface area contributed by atoms with Gasteiger partial charge in [-0.1, -0.05) is 18.2 Å². The van der Waals surface area contributed by atoms with Gasteiger partial charge in [0.2, 0.25) is 5.91 Å². The number of carboxylic acid groups (broad SMARTS) is 1. The van der Waals surface area contributed by atoms with Gasteiger partial charge in [0.05, 0.1) is 6.54 Å². The maximum absolute atomic E-state index is 11.6. The lowest BCUT2D eigenvalue weighted by Crippen LogP contribution is -2.45. The van der Waals surface area contributed by atoms with Crippen molar-refractivity contribution in [3.8, 4) is 0 Å². The number of hydrogen-bond acceptors (Lipinski definition) is 4. The molecule has 7 heteroatoms. The number of carboxylic acids is 1. The quantitative estimate of drug-likeness (QED) is 0.530. The van der Waals surface area contributed by atoms with Crippen LogP contribution in [0.15, 0.2) is 30.3 Å². The molecule has 0 saturated heterocycles. The fraction of sp³-hybridized carbons (Fsp3) is 0.308. The van der Waals surface area contributed by atoms with Crippen molar-refractivity contribution >= 4 is 17.8 Å². The molecule has 0 bridgehead atoms. The lowest BCUT2D eigenvalue weighted by Gasteiger charge is -2.13. The van der Waals surface area contributed by atoms with E-state index in [2.05, 4.69) is 10.6 Å². The van der Waals surface area contributed by atoms with Crippen LogP contribution in [0.5, 0.6) is 0 Å². The van der Waals surface area contributed by atoms with Gasteiger partial charge in [0, 0.05) is 18.6 Å². The minimum Gasteiger partial charge on any atom is -0.480 e. The van der Waals surface area contributed by atoms with Crippen molar-refractivity contribution in [1.29, 1.82) is 0 Å². The van der Waals surface area contributed by atoms with Gasteiger partial charge in [0.15, 0.2) is 0 Å². The van der Waals surface area contributed by atoms with Gasteiger partial charge in [-0.05, 0) is 12.1 Å². The Morgan fingerprint density at radius 1 is 1.15 bits per heavy atom. The van der Waals surface area contributed by atoms with Crippen molar-refractivity contribution in [1.82, 2.24) is 10.6 Å². The van der Waals surface area contributed by atoms with Crippen molar-refractivity contribution in [3.05, 3.63) is 35.9 Å². The molecule has 0 aliphatic rings. The van der Waals surface area contributed by atoms with E-state index in [1.807, 2.05) is 0 Å². The van der Waals surface area contributed by atoms with Gasteiger partial charge in [-0.2, -0.15) is 0 Å². The van der Waals surface area contributed by atoms with Crippen molar-refractivity contribution < 1.29 is 24.6 Å². The van der Waals surface area contributed by atoms with Crippen LogP contribution < -0.4 is 10.6 Å². The van der Waals surface area contributed by atoms with Gasteiger partial charge in [0.1, 0.15) is 6.04 Å². The molecule has 108 valence electrons. The van der Waals surface area contributed by atoms with Gasteiger partial charge in [-0.3, -0.25) is 9.59 Å². The number of rotatable bonds is 7. The van der Waals surface area contributed by atoms with E-state index in [4.69, 9.17) is 10.2 Å². The van der Waals surface area contributed by atoms with E-state index in [0.29, 0.717) is 5.56 Å². The summed E-state index contributed by atoms with van der Waals surface area (Å²) in [5, 5.41) is 22.1. The second-order valence-electron chi connectivity index (χ2n) is 4.02. The molecule has 0 aliphatic heterocycles. The van der Waals surface area contributed by atoms with Gasteiger partial charge in [0.25, 0.3) is 5.91 Å². The Balaban J connectivity index is 2.43. The molecule has 1 atom stereocenters. The standard InChI is InChI=1S/C13H16N2O5/c16-7-6-10(13(19)20)15-11(17)8-14-12(18)9-4-2-1-3-5-9/h1-5,10,16H,6-8H2,(H,14,18)(H,15,17)(H,19,20). The first-order valence-corrected chi connectivity index (χ1v) is 6.01. The van der Waals surface area contributed by atoms with Crippen molar-refractivity contribution in [3.63, 3.8) is 0 Å². The predicted molar refractivity (Wildman–Crippen MR) is 70.0 cm³/mol. The van der Waals surface area contributed by atoms with Gasteiger partial charge in [-0.25, -0.2) is 4.79 Å². The number of benzene rings is 1. The second kappa shape index (κ2) is 7.90. The Morgan fingerprint density at radius 2 is 1.80 bits per heavy atom. The molecular formula is C13H16N2O5. The maximum atomic E-state index is 11.6. The largest absolute Gasteiger partial charge is 0.480 e. The van der Waals surface area contributed by atoms with E-state index < -0.39 is 23.8 Å². The van der Waals surface area contributed by atoms with Crippen LogP contribution in [0.2, 0.25) is 0 Å². The molecule has 0 saturated carbocycles. The molecule has 1 rings (SSSR count). The lowest BCUT2D eigenvalue weighted by atomic mass is 10.2. The summed E-state index contributed by atoms with van der Waals surface area (Å²) in [4.78, 5) is 33.9. The van der Waals surface area contributed by atoms with Crippen molar-refractivity contribution in [2.75, 3.05) is 13.2 Å². The Kier molecular flexibility index (Phi) is 6.18. The molecule has 0 spiro atoms. The first-order chi connectivity index (χ1) is 9.54. The summed E-state index contributed by atoms with van der Waals surface area (Å²) in [6.07, 6.45) is -0.0896. The molecule has 1 aromatic rings. The smallest absolute Gasteiger partial charge is 0.326 e. The summed E-state index contributed by atoms with van der Waals surface area (Å²) in [7, 11) is 0. The van der Waals surface area contributed by atoms with E-state index in [-0.39, 0.29) is 19.6 Å². The van der Waals surface area contributed by atoms with E-state index in [0.717, 1.165) is 0 Å². The SMILES string of the molecule is O=C(CNC(=O)c1ccccc1)NC(CCO)C(=O)O. The summed E-state index contributed by atoms with van der Waals surface area (Å²) in [5.41, 5.74) is 0.408. The summed E-state index contributed by atoms with van der Waals surface area (Å²) >= 11 is 0. The Labute approximate surface area is 115 Å². The van der Waals surface area contributed by atoms with Crippen LogP contribution in [0.4, 0.5) is 0 Å². The molecule has 0 fully saturated rings. The van der Waals surface area contributed by atoms with Crippen LogP contribution in [-0.4, -0.2) is 47.2 Å². The molecule has 0 heterocycles. The zero-order chi connectivity index (χ0) is 15.0. The molecule has 1 unspecified atom stereocenters. The second-order valence-corrected chi connectivity index (χ2v) is 4.02. The third-order valence-corrected chi connectivity index (χ3v) is 2.50. The number of aliphatic hydroxyl groups is 1. The highest BCUT2D eigenvalue weighted by molar-refractivity contribution is 5.96. The summed E-state index contributed by atoms with van der Waals surface area (Å²) in [6, 6.07) is 7.17. The molecule has 0 aliphatic carbocycles. The first-order valence-electron chi connectivity index (χ1n) is 6.01. The number of hydrogen-bond donors (Lipinski definition) is 4. The lowest BCUT2D eigenvalue weighted by molar-refractivity contribution is -0.142. The number of aliphatic carboxylic acids is 1. The van der Waals surface area contributed by atoms with Crippen LogP contribution in [-0.2, 0) is 9.59 Å². The predicted octanol–water partition coefficient (Wildman–Crippen LogP) is -0.632. The van der Waals surface area contributed by atoms with E-state index in [9.17, 15) is 14.4 Å². The normalized spacial score (nSPS) is 11.4. The van der Waals surface area contributed by atoms with E-state index >= 15 is 0 Å². The van der Waals surface area contributed by atoms with Gasteiger partial charge < -0.3 is 20.8 Å². The Bertz CT molecular complexity index is 475. The Morgan fingerprint density at radius 3 is 2.35 bits per heavy atom. The topological polar surface area (TPSA) is 116 Å². The maximum Gasteiger partial charge on any atom is 0.326 e. The molecule has 20 heavy (non-hydrogen) atoms. The number of carbonyl (C=O) groups is 3. The van der Waals surface area contributed by atoms with E-state index in [1.165, 1.54) is 0 Å². The highest BCUT2D eigenvalue weighted by atomic mass is 16.4. The minimum atomic E-state index is -1.23. The van der Waals surface area contributed by atoms with Gasteiger partial charge in [-0.15, -0.1) is 0 Å². The monoisotopic (exact) mass is 280 g/mol. The fourth-order valence-corrected chi connectivity index (χ4v) is 1.48. The highest BCUT2D eigenvalue weighted by Gasteiger charge is 2.19. The summed E-state index contributed by atoms with van der Waals surface area (Å²) in [5.74, 6) is -2.29. The first kappa shape index (κ1) is 15.6. The third kappa shape index (κ3) is 5.07. The van der Waals surface area contributed by atoms with Crippen LogP contribution in [0.25, 0.3) is 0 Å². The van der Waals surface area contributed by atoms with Gasteiger partial charge >= 0.3 is 5.97 Å². The van der Waals surface area contributed by atoms with E-state index in [1.54, 1.807) is 30.3 Å². The molecule has 4 N–H and O–H groups in total. The average molecular weight is 280 g/mol. The minimum absolute atomic E-state index is 0.0896. The summed E-state index contributed by atoms with van der Waals surface area (Å²) in [6.45, 7) is -0.684. The summed E-state index contributed by atoms with van der Waals surface area (Å²) < 4.78 is 0. The van der Waals surface area contributed by atoms with Crippen molar-refractivity contribution in [2.24, 2.45) is 0 Å². The molecule has 0 aromatic heterocycles. The third-order valence-electron chi connectivity index (χ3n) is 2.50. The van der Waals surface area contributed by atoms with Crippen LogP contribution in [0.3, 0.4) is 0 Å². The Hall–Kier alpha value is -2.41. The van der Waals surface area contributed by atoms with Crippen molar-refractivity contribution in [2.45, 2.75) is 12.5 Å². The number of carbonyl (C=O) groups excluding carboxylic acids is 2. The zero-order valence-electron chi connectivity index (χ0n) is 10.7. The molecule has 0 radical (unpaired) electrons. The van der Waals surface area contributed by atoms with Crippen LogP contribution in [0, 0.1) is 0 Å². The molecule has 7 nitrogen and oxygen atoms in total. The average Bonchev–Trinajstić information content (AvgIpc) is 2.45. The number of aliphatic hydroxyl groups excluding tert-OH is 1. The molecular weight excluding hydrogens is 264 g/mol. The molecule has 2 amide bonds. The fourth-order valence-electron chi connectivity index (χ4n) is 1.48. The number of nitrogens with one attached hydrogen (secondary N) is 2. The molecule has 1 aromatic carbocycles. The van der Waals surface area contributed by atoms with Crippen LogP contribution in [0.1, 0.15) is 16.8 Å². The number of amides is 2. The van der Waals surface area contributed by atoms with Crippen LogP contribution >= 0.6 is 0 Å². The highest BCUT2D eigenvalue weighted by Crippen LogP contribution is 1.97. The zero-order valence-corrected chi connectivity index (χ0v) is 10.7.